The Hall–Kier alpha value is -4.20. The molecule has 2 aromatic carbocycles. The highest BCUT2D eigenvalue weighted by molar-refractivity contribution is 6.24. The van der Waals surface area contributed by atoms with Gasteiger partial charge in [0.15, 0.2) is 11.4 Å². The molecule has 0 bridgehead atoms. The fourth-order valence-electron chi connectivity index (χ4n) is 6.79. The van der Waals surface area contributed by atoms with Gasteiger partial charge in [-0.3, -0.25) is 19.3 Å². The number of phenolic OH excluding ortho intramolecular Hbond substituents is 1. The van der Waals surface area contributed by atoms with Crippen molar-refractivity contribution in [3.05, 3.63) is 75.8 Å². The molecule has 0 spiro atoms. The highest BCUT2D eigenvalue weighted by atomic mass is 19.4. The van der Waals surface area contributed by atoms with Gasteiger partial charge >= 0.3 is 6.18 Å². The summed E-state index contributed by atoms with van der Waals surface area (Å²) in [7, 11) is 3.11. The lowest BCUT2D eigenvalue weighted by molar-refractivity contribution is -0.148. The summed E-state index contributed by atoms with van der Waals surface area (Å²) in [5.41, 5.74) is 3.88. The number of aliphatic hydroxyl groups excluding tert-OH is 2. The van der Waals surface area contributed by atoms with Crippen LogP contribution in [0.25, 0.3) is 11.1 Å². The molecule has 3 aliphatic rings. The van der Waals surface area contributed by atoms with Crippen molar-refractivity contribution < 1.29 is 48.0 Å². The van der Waals surface area contributed by atoms with Crippen molar-refractivity contribution in [2.75, 3.05) is 20.6 Å². The van der Waals surface area contributed by atoms with Gasteiger partial charge in [0.25, 0.3) is 5.91 Å². The van der Waals surface area contributed by atoms with Crippen LogP contribution in [0.3, 0.4) is 0 Å². The number of amides is 1. The summed E-state index contributed by atoms with van der Waals surface area (Å²) in [6.45, 7) is -0.0103. The summed E-state index contributed by atoms with van der Waals surface area (Å²) in [4.78, 5) is 40.9. The number of alkyl halides is 3. The number of nitrogens with two attached hydrogens (primary N) is 1. The smallest absolute Gasteiger partial charge is 0.390 e. The Morgan fingerprint density at radius 2 is 1.75 bits per heavy atom. The lowest BCUT2D eigenvalue weighted by atomic mass is 9.58. The number of nitrogens with one attached hydrogen (secondary N) is 1. The Balaban J connectivity index is 1.53. The summed E-state index contributed by atoms with van der Waals surface area (Å²) in [5.74, 6) is -7.22. The first kappa shape index (κ1) is 31.2. The van der Waals surface area contributed by atoms with E-state index in [-0.39, 0.29) is 42.8 Å². The topological polar surface area (TPSA) is 173 Å². The van der Waals surface area contributed by atoms with Gasteiger partial charge in [-0.05, 0) is 61.2 Å². The molecule has 0 saturated heterocycles. The van der Waals surface area contributed by atoms with E-state index in [1.807, 2.05) is 0 Å². The average molecular weight is 616 g/mol. The van der Waals surface area contributed by atoms with Crippen LogP contribution in [-0.2, 0) is 22.6 Å². The zero-order valence-corrected chi connectivity index (χ0v) is 23.9. The van der Waals surface area contributed by atoms with Crippen LogP contribution in [0.2, 0.25) is 0 Å². The third kappa shape index (κ3) is 5.04. The van der Waals surface area contributed by atoms with Crippen LogP contribution in [0.1, 0.15) is 34.3 Å². The zero-order valence-electron chi connectivity index (χ0n) is 23.9. The summed E-state index contributed by atoms with van der Waals surface area (Å²) in [6.07, 6.45) is -5.11. The lowest BCUT2D eigenvalue weighted by Gasteiger charge is -2.50. The maximum Gasteiger partial charge on any atom is 0.390 e. The second kappa shape index (κ2) is 11.1. The van der Waals surface area contributed by atoms with Gasteiger partial charge in [0, 0.05) is 24.6 Å². The molecular formula is C31H32F3N3O7. The van der Waals surface area contributed by atoms with Crippen LogP contribution in [0, 0.1) is 11.8 Å². The van der Waals surface area contributed by atoms with Crippen molar-refractivity contribution in [2.45, 2.75) is 43.6 Å². The van der Waals surface area contributed by atoms with Gasteiger partial charge < -0.3 is 31.5 Å². The molecule has 0 fully saturated rings. The first-order valence-electron chi connectivity index (χ1n) is 13.9. The van der Waals surface area contributed by atoms with Gasteiger partial charge in [0.05, 0.1) is 18.0 Å². The maximum atomic E-state index is 13.9. The van der Waals surface area contributed by atoms with Gasteiger partial charge in [-0.25, -0.2) is 0 Å². The molecular weight excluding hydrogens is 583 g/mol. The molecule has 3 aliphatic carbocycles. The number of halogens is 3. The Labute approximate surface area is 250 Å². The summed E-state index contributed by atoms with van der Waals surface area (Å²) in [6, 6.07) is 8.81. The minimum atomic E-state index is -4.25. The van der Waals surface area contributed by atoms with E-state index in [2.05, 4.69) is 5.32 Å². The molecule has 0 aliphatic heterocycles. The number of Topliss-reactive ketones (excluding diaryl/α,β-unsaturated/α-hetero) is 2. The van der Waals surface area contributed by atoms with E-state index in [4.69, 9.17) is 5.73 Å². The number of aliphatic hydroxyl groups is 3. The van der Waals surface area contributed by atoms with Crippen LogP contribution in [0.15, 0.2) is 59.1 Å². The third-order valence-electron chi connectivity index (χ3n) is 8.79. The third-order valence-corrected chi connectivity index (χ3v) is 8.79. The quantitative estimate of drug-likeness (QED) is 0.202. The number of hydrogen-bond donors (Lipinski definition) is 6. The average Bonchev–Trinajstić information content (AvgIpc) is 2.93. The van der Waals surface area contributed by atoms with Crippen molar-refractivity contribution in [1.82, 2.24) is 10.2 Å². The number of ketones is 2. The molecule has 0 heterocycles. The van der Waals surface area contributed by atoms with Crippen LogP contribution in [0.4, 0.5) is 13.2 Å². The fourth-order valence-corrected chi connectivity index (χ4v) is 6.79. The van der Waals surface area contributed by atoms with E-state index in [0.29, 0.717) is 16.7 Å². The number of fused-ring (bicyclic) bond motifs is 3. The number of aromatic hydroxyl groups is 1. The second-order valence-corrected chi connectivity index (χ2v) is 11.7. The highest BCUT2D eigenvalue weighted by Gasteiger charge is 2.63. The lowest BCUT2D eigenvalue weighted by Crippen LogP contribution is -2.63. The molecule has 0 unspecified atom stereocenters. The molecule has 7 N–H and O–H groups in total. The van der Waals surface area contributed by atoms with Gasteiger partial charge in [-0.1, -0.05) is 30.3 Å². The maximum absolute atomic E-state index is 13.9. The van der Waals surface area contributed by atoms with Gasteiger partial charge in [0.1, 0.15) is 22.8 Å². The SMILES string of the molecule is CN(C)[C@@H]1C(O)=C(C(N)=O)C(=O)[C@@]2(O)C(O)=C3C(=O)c4c(O)ccc(-c5ccc(CNCCC(F)(F)F)cc5)c4C[C@H]3C[C@@H]12. The Morgan fingerprint density at radius 3 is 2.34 bits per heavy atom. The van der Waals surface area contributed by atoms with Crippen LogP contribution >= 0.6 is 0 Å². The summed E-state index contributed by atoms with van der Waals surface area (Å²) in [5, 5.41) is 47.5. The fraction of sp³-hybridized carbons (Fsp3) is 0.387. The molecule has 1 amide bonds. The molecule has 2 aromatic rings. The van der Waals surface area contributed by atoms with E-state index in [1.54, 1.807) is 44.4 Å². The zero-order chi connectivity index (χ0) is 32.3. The number of carbonyl (C=O) groups excluding carboxylic acids is 3. The highest BCUT2D eigenvalue weighted by Crippen LogP contribution is 2.53. The van der Waals surface area contributed by atoms with Crippen LogP contribution in [0.5, 0.6) is 5.75 Å². The number of carbonyl (C=O) groups is 3. The molecule has 234 valence electrons. The number of phenols is 1. The van der Waals surface area contributed by atoms with Crippen LogP contribution in [-0.4, -0.2) is 81.3 Å². The first-order valence-corrected chi connectivity index (χ1v) is 13.9. The number of rotatable bonds is 7. The normalized spacial score (nSPS) is 25.2. The Kier molecular flexibility index (Phi) is 7.85. The van der Waals surface area contributed by atoms with Crippen molar-refractivity contribution >= 4 is 17.5 Å². The van der Waals surface area contributed by atoms with Crippen LogP contribution < -0.4 is 11.1 Å². The standard InChI is InChI=1S/C31H32F3N3O7/c1-37(2)24-19-12-16-11-18-17(15-5-3-14(4-6-15)13-36-10-9-30(32,33)34)7-8-20(38)22(18)25(39)21(16)27(41)31(19,44)28(42)23(26(24)40)29(35)43/h3-8,16,19,24,36,38,40-41,44H,9-13H2,1-2H3,(H2,35,43)/t16-,19-,24-,31-/m0/s1. The molecule has 13 heteroatoms. The predicted molar refractivity (Wildman–Crippen MR) is 151 cm³/mol. The number of benzene rings is 2. The van der Waals surface area contributed by atoms with Gasteiger partial charge in [-0.15, -0.1) is 0 Å². The molecule has 0 aromatic heterocycles. The van der Waals surface area contributed by atoms with Crippen molar-refractivity contribution in [3.8, 4) is 16.9 Å². The monoisotopic (exact) mass is 615 g/mol. The Morgan fingerprint density at radius 1 is 1.09 bits per heavy atom. The minimum Gasteiger partial charge on any atom is -0.510 e. The molecule has 44 heavy (non-hydrogen) atoms. The largest absolute Gasteiger partial charge is 0.510 e. The second-order valence-electron chi connectivity index (χ2n) is 11.7. The van der Waals surface area contributed by atoms with E-state index >= 15 is 0 Å². The molecule has 5 rings (SSSR count). The number of nitrogens with zero attached hydrogens (tertiary/aromatic N) is 1. The van der Waals surface area contributed by atoms with E-state index < -0.39 is 70.6 Å². The first-order chi connectivity index (χ1) is 20.6. The van der Waals surface area contributed by atoms with Gasteiger partial charge in [0.2, 0.25) is 5.78 Å². The number of primary amides is 1. The van der Waals surface area contributed by atoms with Crippen molar-refractivity contribution in [2.24, 2.45) is 17.6 Å². The minimum absolute atomic E-state index is 0.0383. The van der Waals surface area contributed by atoms with E-state index in [9.17, 15) is 48.0 Å². The number of likely N-dealkylation sites (N-methyl/N-ethyl adjacent to an activating group) is 1. The Bertz CT molecular complexity index is 1610. The van der Waals surface area contributed by atoms with Crippen molar-refractivity contribution in [3.63, 3.8) is 0 Å². The van der Waals surface area contributed by atoms with E-state index in [0.717, 1.165) is 5.56 Å². The van der Waals surface area contributed by atoms with Crippen molar-refractivity contribution in [1.29, 1.82) is 0 Å². The predicted octanol–water partition coefficient (Wildman–Crippen LogP) is 2.83. The molecule has 4 atom stereocenters. The van der Waals surface area contributed by atoms with Gasteiger partial charge in [-0.2, -0.15) is 13.2 Å². The number of hydrogen-bond acceptors (Lipinski definition) is 9. The summed E-state index contributed by atoms with van der Waals surface area (Å²) < 4.78 is 37.3. The molecule has 0 saturated carbocycles. The summed E-state index contributed by atoms with van der Waals surface area (Å²) >= 11 is 0. The van der Waals surface area contributed by atoms with E-state index in [1.165, 1.54) is 11.0 Å². The molecule has 10 nitrogen and oxygen atoms in total. The number of allylic oxidation sites excluding steroid dienone is 1. The molecule has 0 radical (unpaired) electrons.